The van der Waals surface area contributed by atoms with Crippen LogP contribution in [0.1, 0.15) is 9.67 Å². The Kier molecular flexibility index (Phi) is 4.90. The molecule has 0 aliphatic carbocycles. The Hall–Kier alpha value is -2.38. The number of Topliss-reactive ketones (excluding diaryl/α,β-unsaturated/α-hetero) is 1. The van der Waals surface area contributed by atoms with Crippen LogP contribution in [0, 0.1) is 0 Å². The normalized spacial score (nSPS) is 20.0. The second-order valence-electron chi connectivity index (χ2n) is 6.37. The van der Waals surface area contributed by atoms with Gasteiger partial charge in [0.05, 0.1) is 11.4 Å². The third-order valence-corrected chi connectivity index (χ3v) is 5.54. The van der Waals surface area contributed by atoms with Crippen molar-refractivity contribution in [3.05, 3.63) is 46.7 Å². The molecule has 0 saturated carbocycles. The summed E-state index contributed by atoms with van der Waals surface area (Å²) >= 11 is 1.47. The van der Waals surface area contributed by atoms with Crippen LogP contribution in [0.3, 0.4) is 0 Å². The molecule has 1 aromatic heterocycles. The predicted molar refractivity (Wildman–Crippen MR) is 98.0 cm³/mol. The van der Waals surface area contributed by atoms with E-state index in [0.29, 0.717) is 44.2 Å². The van der Waals surface area contributed by atoms with E-state index in [4.69, 9.17) is 9.47 Å². The van der Waals surface area contributed by atoms with Crippen LogP contribution in [0.25, 0.3) is 0 Å². The van der Waals surface area contributed by atoms with Crippen LogP contribution < -0.4 is 9.47 Å². The van der Waals surface area contributed by atoms with E-state index in [1.165, 1.54) is 11.3 Å². The van der Waals surface area contributed by atoms with Gasteiger partial charge in [-0.25, -0.2) is 0 Å². The van der Waals surface area contributed by atoms with Gasteiger partial charge in [-0.15, -0.1) is 11.3 Å². The number of amides is 1. The maximum Gasteiger partial charge on any atom is 0.267 e. The van der Waals surface area contributed by atoms with Crippen molar-refractivity contribution in [2.24, 2.45) is 0 Å². The third kappa shape index (κ3) is 3.59. The second kappa shape index (κ2) is 7.47. The van der Waals surface area contributed by atoms with Gasteiger partial charge in [0.15, 0.2) is 17.3 Å². The summed E-state index contributed by atoms with van der Waals surface area (Å²) in [6.45, 7) is 3.20. The van der Waals surface area contributed by atoms with Crippen LogP contribution in [-0.4, -0.2) is 66.9 Å². The predicted octanol–water partition coefficient (Wildman–Crippen LogP) is 1.91. The van der Waals surface area contributed by atoms with Gasteiger partial charge in [-0.3, -0.25) is 14.5 Å². The van der Waals surface area contributed by atoms with Crippen LogP contribution in [0.15, 0.2) is 41.8 Å². The summed E-state index contributed by atoms with van der Waals surface area (Å²) in [5.41, 5.74) is 0. The van der Waals surface area contributed by atoms with E-state index in [9.17, 15) is 9.59 Å². The minimum atomic E-state index is -0.607. The number of ether oxygens (including phenoxy) is 2. The largest absolute Gasteiger partial charge is 0.485 e. The molecule has 0 radical (unpaired) electrons. The van der Waals surface area contributed by atoms with Crippen molar-refractivity contribution < 1.29 is 19.1 Å². The van der Waals surface area contributed by atoms with E-state index in [1.54, 1.807) is 4.90 Å². The molecule has 1 aromatic carbocycles. The molecular formula is C19H20N2O4S. The van der Waals surface area contributed by atoms with E-state index in [-0.39, 0.29) is 18.3 Å². The molecule has 0 N–H and O–H groups in total. The van der Waals surface area contributed by atoms with E-state index in [0.717, 1.165) is 4.88 Å². The zero-order chi connectivity index (χ0) is 17.9. The molecule has 2 aliphatic rings. The Morgan fingerprint density at radius 2 is 1.81 bits per heavy atom. The summed E-state index contributed by atoms with van der Waals surface area (Å²) in [5.74, 6) is 1.37. The maximum absolute atomic E-state index is 12.7. The molecule has 136 valence electrons. The van der Waals surface area contributed by atoms with E-state index in [1.807, 2.05) is 41.8 Å². The SMILES string of the molecule is O=C(CN1CCN(C(=O)C2COc3ccccc3O2)CC1)c1cccs1. The first kappa shape index (κ1) is 17.1. The number of carbonyl (C=O) groups excluding carboxylic acids is 2. The van der Waals surface area contributed by atoms with Gasteiger partial charge in [-0.05, 0) is 23.6 Å². The number of carbonyl (C=O) groups is 2. The Morgan fingerprint density at radius 3 is 2.54 bits per heavy atom. The molecule has 7 heteroatoms. The summed E-state index contributed by atoms with van der Waals surface area (Å²) in [7, 11) is 0. The van der Waals surface area contributed by atoms with Crippen molar-refractivity contribution in [1.82, 2.24) is 9.80 Å². The zero-order valence-electron chi connectivity index (χ0n) is 14.3. The third-order valence-electron chi connectivity index (χ3n) is 4.63. The number of fused-ring (bicyclic) bond motifs is 1. The van der Waals surface area contributed by atoms with Crippen LogP contribution in [-0.2, 0) is 4.79 Å². The van der Waals surface area contributed by atoms with Gasteiger partial charge >= 0.3 is 0 Å². The molecule has 2 aliphatic heterocycles. The highest BCUT2D eigenvalue weighted by Crippen LogP contribution is 2.31. The fourth-order valence-electron chi connectivity index (χ4n) is 3.19. The fraction of sp³-hybridized carbons (Fsp3) is 0.368. The molecule has 3 heterocycles. The zero-order valence-corrected chi connectivity index (χ0v) is 15.1. The minimum Gasteiger partial charge on any atom is -0.485 e. The Bertz CT molecular complexity index is 785. The minimum absolute atomic E-state index is 0.0521. The van der Waals surface area contributed by atoms with Crippen molar-refractivity contribution in [3.63, 3.8) is 0 Å². The number of hydrogen-bond donors (Lipinski definition) is 0. The Balaban J connectivity index is 1.29. The smallest absolute Gasteiger partial charge is 0.267 e. The molecule has 1 amide bonds. The molecule has 1 atom stereocenters. The lowest BCUT2D eigenvalue weighted by molar-refractivity contribution is -0.142. The lowest BCUT2D eigenvalue weighted by atomic mass is 10.2. The maximum atomic E-state index is 12.7. The van der Waals surface area contributed by atoms with Crippen LogP contribution in [0.5, 0.6) is 11.5 Å². The molecular weight excluding hydrogens is 352 g/mol. The molecule has 2 aromatic rings. The molecule has 6 nitrogen and oxygen atoms in total. The number of hydrogen-bond acceptors (Lipinski definition) is 6. The average molecular weight is 372 g/mol. The van der Waals surface area contributed by atoms with E-state index in [2.05, 4.69) is 4.90 Å². The van der Waals surface area contributed by atoms with Crippen molar-refractivity contribution in [2.75, 3.05) is 39.3 Å². The summed E-state index contributed by atoms with van der Waals surface area (Å²) in [6.07, 6.45) is -0.607. The summed E-state index contributed by atoms with van der Waals surface area (Å²) in [4.78, 5) is 29.6. The van der Waals surface area contributed by atoms with Gasteiger partial charge in [-0.2, -0.15) is 0 Å². The van der Waals surface area contributed by atoms with Crippen molar-refractivity contribution in [1.29, 1.82) is 0 Å². The first-order chi connectivity index (χ1) is 12.7. The van der Waals surface area contributed by atoms with Gasteiger partial charge in [0, 0.05) is 26.2 Å². The highest BCUT2D eigenvalue weighted by atomic mass is 32.1. The summed E-state index contributed by atoms with van der Waals surface area (Å²) in [5, 5.41) is 1.91. The Morgan fingerprint density at radius 1 is 1.04 bits per heavy atom. The highest BCUT2D eigenvalue weighted by Gasteiger charge is 2.32. The van der Waals surface area contributed by atoms with Gasteiger partial charge in [0.25, 0.3) is 5.91 Å². The topological polar surface area (TPSA) is 59.1 Å². The van der Waals surface area contributed by atoms with Crippen molar-refractivity contribution in [3.8, 4) is 11.5 Å². The molecule has 0 bridgehead atoms. The van der Waals surface area contributed by atoms with Gasteiger partial charge in [0.2, 0.25) is 6.10 Å². The number of thiophene rings is 1. The number of benzene rings is 1. The molecule has 1 fully saturated rings. The lowest BCUT2D eigenvalue weighted by Crippen LogP contribution is -2.54. The summed E-state index contributed by atoms with van der Waals surface area (Å²) in [6, 6.07) is 11.1. The number of para-hydroxylation sites is 2. The fourth-order valence-corrected chi connectivity index (χ4v) is 3.85. The number of nitrogens with zero attached hydrogens (tertiary/aromatic N) is 2. The van der Waals surface area contributed by atoms with Crippen molar-refractivity contribution in [2.45, 2.75) is 6.10 Å². The van der Waals surface area contributed by atoms with Gasteiger partial charge in [-0.1, -0.05) is 18.2 Å². The molecule has 4 rings (SSSR count). The van der Waals surface area contributed by atoms with Crippen LogP contribution in [0.4, 0.5) is 0 Å². The van der Waals surface area contributed by atoms with E-state index < -0.39 is 6.10 Å². The molecule has 1 unspecified atom stereocenters. The monoisotopic (exact) mass is 372 g/mol. The standard InChI is InChI=1S/C19H20N2O4S/c22-14(18-6-3-11-26-18)12-20-7-9-21(10-8-20)19(23)17-13-24-15-4-1-2-5-16(15)25-17/h1-6,11,17H,7-10,12-13H2. The first-order valence-corrected chi connectivity index (χ1v) is 9.55. The summed E-state index contributed by atoms with van der Waals surface area (Å²) < 4.78 is 11.4. The number of rotatable bonds is 4. The Labute approximate surface area is 155 Å². The van der Waals surface area contributed by atoms with Crippen molar-refractivity contribution >= 4 is 23.0 Å². The molecule has 1 saturated heterocycles. The number of piperazine rings is 1. The quantitative estimate of drug-likeness (QED) is 0.768. The number of ketones is 1. The van der Waals surface area contributed by atoms with Gasteiger partial charge in [0.1, 0.15) is 6.61 Å². The molecule has 26 heavy (non-hydrogen) atoms. The van der Waals surface area contributed by atoms with Crippen LogP contribution in [0.2, 0.25) is 0 Å². The van der Waals surface area contributed by atoms with Crippen LogP contribution >= 0.6 is 11.3 Å². The van der Waals surface area contributed by atoms with E-state index >= 15 is 0 Å². The first-order valence-electron chi connectivity index (χ1n) is 8.67. The lowest BCUT2D eigenvalue weighted by Gasteiger charge is -2.36. The van der Waals surface area contributed by atoms with Gasteiger partial charge < -0.3 is 14.4 Å². The average Bonchev–Trinajstić information content (AvgIpc) is 3.23. The highest BCUT2D eigenvalue weighted by molar-refractivity contribution is 7.12. The molecule has 0 spiro atoms. The second-order valence-corrected chi connectivity index (χ2v) is 7.31.